The summed E-state index contributed by atoms with van der Waals surface area (Å²) < 4.78 is 5.31. The number of ether oxygens (including phenoxy) is 1. The number of hydrogen-bond acceptors (Lipinski definition) is 6. The third kappa shape index (κ3) is 6.84. The second kappa shape index (κ2) is 11.3. The first-order valence-electron chi connectivity index (χ1n) is 9.46. The van der Waals surface area contributed by atoms with Gasteiger partial charge >= 0.3 is 12.1 Å². The van der Waals surface area contributed by atoms with E-state index in [0.717, 1.165) is 48.8 Å². The molecule has 0 aliphatic carbocycles. The lowest BCUT2D eigenvalue weighted by Gasteiger charge is -2.08. The Kier molecular flexibility index (Phi) is 8.73. The van der Waals surface area contributed by atoms with Crippen molar-refractivity contribution in [3.05, 3.63) is 30.0 Å². The molecule has 2 aromatic rings. The van der Waals surface area contributed by atoms with E-state index >= 15 is 0 Å². The second-order valence-electron chi connectivity index (χ2n) is 6.59. The summed E-state index contributed by atoms with van der Waals surface area (Å²) in [7, 11) is 0. The van der Waals surface area contributed by atoms with Gasteiger partial charge in [0.2, 0.25) is 0 Å². The number of H-pyrrole nitrogens is 1. The molecule has 9 heteroatoms. The molecule has 0 radical (unpaired) electrons. The van der Waals surface area contributed by atoms with E-state index in [-0.39, 0.29) is 6.42 Å². The standard InChI is InChI=1S/C19H29N5O4/c20-6-1-2-7-22-8-3-9-23-19(27)28-14-4-5-17-15(11-14)13(12-24-17)10-16(21)18(25)26/h4-5,11-12,16,22,24H,1-3,6-10,20-21H2,(H,23,27)(H,25,26). The largest absolute Gasteiger partial charge is 0.480 e. The summed E-state index contributed by atoms with van der Waals surface area (Å²) >= 11 is 0. The third-order valence-corrected chi connectivity index (χ3v) is 4.31. The number of aromatic nitrogens is 1. The molecule has 0 aliphatic heterocycles. The molecule has 2 rings (SSSR count). The molecule has 1 unspecified atom stereocenters. The Bertz CT molecular complexity index is 777. The van der Waals surface area contributed by atoms with Crippen LogP contribution in [0.4, 0.5) is 4.79 Å². The number of carbonyl (C=O) groups is 2. The maximum Gasteiger partial charge on any atom is 0.412 e. The van der Waals surface area contributed by atoms with Crippen LogP contribution in [0.5, 0.6) is 5.75 Å². The van der Waals surface area contributed by atoms with Gasteiger partial charge in [-0.1, -0.05) is 0 Å². The van der Waals surface area contributed by atoms with E-state index in [1.165, 1.54) is 0 Å². The van der Waals surface area contributed by atoms with Gasteiger partial charge in [-0.2, -0.15) is 0 Å². The minimum Gasteiger partial charge on any atom is -0.480 e. The minimum atomic E-state index is -1.06. The summed E-state index contributed by atoms with van der Waals surface area (Å²) in [4.78, 5) is 26.0. The van der Waals surface area contributed by atoms with Gasteiger partial charge in [0, 0.05) is 30.1 Å². The highest BCUT2D eigenvalue weighted by atomic mass is 16.6. The molecule has 0 saturated carbocycles. The molecule has 154 valence electrons. The topological polar surface area (TPSA) is 155 Å². The highest BCUT2D eigenvalue weighted by Crippen LogP contribution is 2.24. The number of amides is 1. The lowest BCUT2D eigenvalue weighted by Crippen LogP contribution is -2.32. The number of carboxylic acid groups (broad SMARTS) is 1. The number of nitrogens with two attached hydrogens (primary N) is 2. The van der Waals surface area contributed by atoms with Crippen molar-refractivity contribution in [1.29, 1.82) is 0 Å². The number of hydrogen-bond donors (Lipinski definition) is 6. The van der Waals surface area contributed by atoms with Gasteiger partial charge in [0.05, 0.1) is 0 Å². The quantitative estimate of drug-likeness (QED) is 0.294. The Labute approximate surface area is 163 Å². The van der Waals surface area contributed by atoms with E-state index in [1.807, 2.05) is 0 Å². The molecule has 9 nitrogen and oxygen atoms in total. The van der Waals surface area contributed by atoms with Crippen LogP contribution in [0.25, 0.3) is 10.9 Å². The molecule has 1 amide bonds. The molecule has 0 saturated heterocycles. The van der Waals surface area contributed by atoms with E-state index in [0.29, 0.717) is 18.8 Å². The first-order valence-corrected chi connectivity index (χ1v) is 9.46. The fourth-order valence-corrected chi connectivity index (χ4v) is 2.78. The van der Waals surface area contributed by atoms with Crippen LogP contribution in [-0.4, -0.2) is 54.4 Å². The number of benzene rings is 1. The molecule has 8 N–H and O–H groups in total. The van der Waals surface area contributed by atoms with Crippen molar-refractivity contribution in [1.82, 2.24) is 15.6 Å². The molecule has 0 bridgehead atoms. The summed E-state index contributed by atoms with van der Waals surface area (Å²) in [5, 5.41) is 15.8. The van der Waals surface area contributed by atoms with Gasteiger partial charge in [-0.3, -0.25) is 4.79 Å². The number of aromatic amines is 1. The minimum absolute atomic E-state index is 0.184. The smallest absolute Gasteiger partial charge is 0.412 e. The Balaban J connectivity index is 1.80. The van der Waals surface area contributed by atoms with Crippen LogP contribution in [0, 0.1) is 0 Å². The highest BCUT2D eigenvalue weighted by molar-refractivity contribution is 5.86. The average molecular weight is 391 g/mol. The summed E-state index contributed by atoms with van der Waals surface area (Å²) in [6, 6.07) is 4.17. The average Bonchev–Trinajstić information content (AvgIpc) is 3.06. The second-order valence-corrected chi connectivity index (χ2v) is 6.59. The predicted molar refractivity (Wildman–Crippen MR) is 107 cm³/mol. The highest BCUT2D eigenvalue weighted by Gasteiger charge is 2.15. The summed E-state index contributed by atoms with van der Waals surface area (Å²) in [5.41, 5.74) is 12.6. The Morgan fingerprint density at radius 1 is 1.18 bits per heavy atom. The number of carbonyl (C=O) groups excluding carboxylic acids is 1. The van der Waals surface area contributed by atoms with Gasteiger partial charge < -0.3 is 36.9 Å². The van der Waals surface area contributed by atoms with Crippen LogP contribution in [0.3, 0.4) is 0 Å². The summed E-state index contributed by atoms with van der Waals surface area (Å²) in [5.74, 6) is -0.676. The van der Waals surface area contributed by atoms with E-state index in [2.05, 4.69) is 15.6 Å². The fraction of sp³-hybridized carbons (Fsp3) is 0.474. The number of rotatable bonds is 12. The molecule has 1 atom stereocenters. The van der Waals surface area contributed by atoms with Crippen molar-refractivity contribution < 1.29 is 19.4 Å². The van der Waals surface area contributed by atoms with Crippen molar-refractivity contribution in [2.24, 2.45) is 11.5 Å². The van der Waals surface area contributed by atoms with Crippen molar-refractivity contribution in [2.75, 3.05) is 26.2 Å². The van der Waals surface area contributed by atoms with Crippen molar-refractivity contribution in [2.45, 2.75) is 31.7 Å². The number of unbranched alkanes of at least 4 members (excludes halogenated alkanes) is 1. The molecule has 0 aliphatic rings. The SMILES string of the molecule is NCCCCNCCCNC(=O)Oc1ccc2[nH]cc(CC(N)C(=O)O)c2c1. The van der Waals surface area contributed by atoms with E-state index in [1.54, 1.807) is 24.4 Å². The summed E-state index contributed by atoms with van der Waals surface area (Å²) in [6.07, 6.45) is 4.23. The van der Waals surface area contributed by atoms with E-state index in [9.17, 15) is 9.59 Å². The number of nitrogens with one attached hydrogen (secondary N) is 3. The first-order chi connectivity index (χ1) is 13.5. The molecule has 1 aromatic carbocycles. The van der Waals surface area contributed by atoms with Gasteiger partial charge in [-0.25, -0.2) is 4.79 Å². The summed E-state index contributed by atoms with van der Waals surface area (Å²) in [6.45, 7) is 2.95. The zero-order valence-corrected chi connectivity index (χ0v) is 15.9. The van der Waals surface area contributed by atoms with Gasteiger partial charge in [0.15, 0.2) is 0 Å². The number of aliphatic carboxylic acids is 1. The lowest BCUT2D eigenvalue weighted by molar-refractivity contribution is -0.138. The third-order valence-electron chi connectivity index (χ3n) is 4.31. The maximum absolute atomic E-state index is 11.9. The van der Waals surface area contributed by atoms with Crippen LogP contribution in [0.2, 0.25) is 0 Å². The van der Waals surface area contributed by atoms with Gasteiger partial charge in [0.1, 0.15) is 11.8 Å². The van der Waals surface area contributed by atoms with Crippen LogP contribution < -0.4 is 26.8 Å². The predicted octanol–water partition coefficient (Wildman–Crippen LogP) is 0.929. The van der Waals surface area contributed by atoms with Crippen LogP contribution in [0.1, 0.15) is 24.8 Å². The Morgan fingerprint density at radius 2 is 1.96 bits per heavy atom. The molecule has 0 fully saturated rings. The van der Waals surface area contributed by atoms with Gasteiger partial charge in [0.25, 0.3) is 0 Å². The molecule has 1 aromatic heterocycles. The first kappa shape index (κ1) is 21.7. The monoisotopic (exact) mass is 391 g/mol. The Morgan fingerprint density at radius 3 is 2.71 bits per heavy atom. The molecular weight excluding hydrogens is 362 g/mol. The van der Waals surface area contributed by atoms with Crippen LogP contribution >= 0.6 is 0 Å². The number of carboxylic acids is 1. The number of fused-ring (bicyclic) bond motifs is 1. The van der Waals surface area contributed by atoms with Crippen molar-refractivity contribution in [3.8, 4) is 5.75 Å². The molecule has 28 heavy (non-hydrogen) atoms. The zero-order valence-electron chi connectivity index (χ0n) is 15.9. The lowest BCUT2D eigenvalue weighted by atomic mass is 10.1. The fourth-order valence-electron chi connectivity index (χ4n) is 2.78. The van der Waals surface area contributed by atoms with Crippen molar-refractivity contribution >= 4 is 23.0 Å². The zero-order chi connectivity index (χ0) is 20.4. The van der Waals surface area contributed by atoms with Gasteiger partial charge in [-0.05, 0) is 62.7 Å². The molecule has 0 spiro atoms. The van der Waals surface area contributed by atoms with Crippen LogP contribution in [-0.2, 0) is 11.2 Å². The normalized spacial score (nSPS) is 12.1. The van der Waals surface area contributed by atoms with E-state index < -0.39 is 18.1 Å². The van der Waals surface area contributed by atoms with Crippen molar-refractivity contribution in [3.63, 3.8) is 0 Å². The van der Waals surface area contributed by atoms with Crippen LogP contribution in [0.15, 0.2) is 24.4 Å². The molecular formula is C19H29N5O4. The Hall–Kier alpha value is -2.62. The van der Waals surface area contributed by atoms with E-state index in [4.69, 9.17) is 21.3 Å². The van der Waals surface area contributed by atoms with Gasteiger partial charge in [-0.15, -0.1) is 0 Å². The maximum atomic E-state index is 11.9. The molecule has 1 heterocycles.